The molecule has 4 heteroatoms. The van der Waals surface area contributed by atoms with Crippen LogP contribution in [0.5, 0.6) is 11.5 Å². The van der Waals surface area contributed by atoms with Crippen LogP contribution in [0.3, 0.4) is 0 Å². The van der Waals surface area contributed by atoms with Crippen molar-refractivity contribution < 1.29 is 14.3 Å². The molecule has 1 N–H and O–H groups in total. The first-order valence-electron chi connectivity index (χ1n) is 4.84. The van der Waals surface area contributed by atoms with Gasteiger partial charge in [-0.2, -0.15) is 0 Å². The van der Waals surface area contributed by atoms with Gasteiger partial charge in [0.1, 0.15) is 13.2 Å². The van der Waals surface area contributed by atoms with E-state index in [9.17, 15) is 4.79 Å². The predicted molar refractivity (Wildman–Crippen MR) is 56.5 cm³/mol. The van der Waals surface area contributed by atoms with Gasteiger partial charge in [0.15, 0.2) is 11.5 Å². The minimum absolute atomic E-state index is 0.0916. The summed E-state index contributed by atoms with van der Waals surface area (Å²) in [6.45, 7) is 4.54. The summed E-state index contributed by atoms with van der Waals surface area (Å²) in [5, 5.41) is 2.72. The Morgan fingerprint density at radius 1 is 1.33 bits per heavy atom. The number of anilines is 1. The number of ether oxygens (including phenoxy) is 2. The van der Waals surface area contributed by atoms with Crippen LogP contribution in [-0.2, 0) is 4.79 Å². The molecule has 15 heavy (non-hydrogen) atoms. The van der Waals surface area contributed by atoms with Crippen molar-refractivity contribution in [2.24, 2.45) is 0 Å². The van der Waals surface area contributed by atoms with Crippen LogP contribution in [0.1, 0.15) is 12.5 Å². The number of nitrogens with one attached hydrogen (secondary N) is 1. The molecule has 1 aliphatic rings. The Morgan fingerprint density at radius 3 is 2.80 bits per heavy atom. The highest BCUT2D eigenvalue weighted by Crippen LogP contribution is 2.36. The third kappa shape index (κ3) is 2.03. The highest BCUT2D eigenvalue weighted by molar-refractivity contribution is 5.89. The van der Waals surface area contributed by atoms with E-state index in [0.717, 1.165) is 17.0 Å². The van der Waals surface area contributed by atoms with Crippen molar-refractivity contribution in [3.63, 3.8) is 0 Å². The normalized spacial score (nSPS) is 13.5. The number of rotatable bonds is 1. The van der Waals surface area contributed by atoms with Gasteiger partial charge in [-0.05, 0) is 18.6 Å². The van der Waals surface area contributed by atoms with Crippen molar-refractivity contribution in [3.8, 4) is 11.5 Å². The quantitative estimate of drug-likeness (QED) is 0.762. The number of carbonyl (C=O) groups excluding carboxylic acids is 1. The third-order valence-electron chi connectivity index (χ3n) is 2.15. The van der Waals surface area contributed by atoms with E-state index < -0.39 is 0 Å². The fourth-order valence-corrected chi connectivity index (χ4v) is 1.60. The van der Waals surface area contributed by atoms with Gasteiger partial charge in [-0.1, -0.05) is 0 Å². The summed E-state index contributed by atoms with van der Waals surface area (Å²) in [6, 6.07) is 3.65. The zero-order valence-corrected chi connectivity index (χ0v) is 8.79. The fraction of sp³-hybridized carbons (Fsp3) is 0.364. The van der Waals surface area contributed by atoms with Crippen LogP contribution < -0.4 is 14.8 Å². The summed E-state index contributed by atoms with van der Waals surface area (Å²) in [5.74, 6) is 1.38. The van der Waals surface area contributed by atoms with Crippen LogP contribution in [0.25, 0.3) is 0 Å². The number of aryl methyl sites for hydroxylation is 1. The van der Waals surface area contributed by atoms with E-state index in [4.69, 9.17) is 9.47 Å². The molecule has 0 saturated carbocycles. The minimum atomic E-state index is -0.0916. The lowest BCUT2D eigenvalue weighted by Crippen LogP contribution is -2.16. The van der Waals surface area contributed by atoms with Gasteiger partial charge >= 0.3 is 0 Å². The molecule has 0 atom stereocenters. The lowest BCUT2D eigenvalue weighted by Gasteiger charge is -2.21. The van der Waals surface area contributed by atoms with Gasteiger partial charge in [-0.3, -0.25) is 4.79 Å². The molecule has 1 aromatic carbocycles. The number of fused-ring (bicyclic) bond motifs is 1. The maximum absolute atomic E-state index is 10.9. The molecule has 1 amide bonds. The summed E-state index contributed by atoms with van der Waals surface area (Å²) in [4.78, 5) is 10.9. The molecule has 80 valence electrons. The number of hydrogen-bond donors (Lipinski definition) is 1. The third-order valence-corrected chi connectivity index (χ3v) is 2.15. The molecular formula is C11H13NO3. The fourth-order valence-electron chi connectivity index (χ4n) is 1.60. The number of benzene rings is 1. The van der Waals surface area contributed by atoms with Crippen LogP contribution in [0.2, 0.25) is 0 Å². The first-order chi connectivity index (χ1) is 7.16. The van der Waals surface area contributed by atoms with E-state index in [0.29, 0.717) is 19.0 Å². The predicted octanol–water partition coefficient (Wildman–Crippen LogP) is 1.72. The summed E-state index contributed by atoms with van der Waals surface area (Å²) in [5.41, 5.74) is 1.71. The molecule has 0 aliphatic carbocycles. The molecule has 4 nitrogen and oxygen atoms in total. The molecule has 0 radical (unpaired) electrons. The maximum atomic E-state index is 10.9. The van der Waals surface area contributed by atoms with Crippen molar-refractivity contribution in [1.29, 1.82) is 0 Å². The second-order valence-corrected chi connectivity index (χ2v) is 3.50. The monoisotopic (exact) mass is 207 g/mol. The van der Waals surface area contributed by atoms with E-state index in [1.165, 1.54) is 6.92 Å². The van der Waals surface area contributed by atoms with Crippen LogP contribution in [0, 0.1) is 6.92 Å². The second-order valence-electron chi connectivity index (χ2n) is 3.50. The molecule has 2 rings (SSSR count). The Bertz CT molecular complexity index is 401. The zero-order valence-electron chi connectivity index (χ0n) is 8.79. The summed E-state index contributed by atoms with van der Waals surface area (Å²) < 4.78 is 10.9. The van der Waals surface area contributed by atoms with E-state index in [1.807, 2.05) is 13.0 Å². The van der Waals surface area contributed by atoms with Gasteiger partial charge in [0.25, 0.3) is 0 Å². The minimum Gasteiger partial charge on any atom is -0.486 e. The van der Waals surface area contributed by atoms with E-state index in [-0.39, 0.29) is 5.91 Å². The second kappa shape index (κ2) is 3.81. The Morgan fingerprint density at radius 2 is 2.07 bits per heavy atom. The Balaban J connectivity index is 2.36. The van der Waals surface area contributed by atoms with Crippen molar-refractivity contribution in [3.05, 3.63) is 17.7 Å². The molecular weight excluding hydrogens is 194 g/mol. The van der Waals surface area contributed by atoms with Crippen LogP contribution >= 0.6 is 0 Å². The van der Waals surface area contributed by atoms with E-state index >= 15 is 0 Å². The summed E-state index contributed by atoms with van der Waals surface area (Å²) in [7, 11) is 0. The maximum Gasteiger partial charge on any atom is 0.221 e. The molecule has 1 heterocycles. The number of hydrogen-bond acceptors (Lipinski definition) is 3. The van der Waals surface area contributed by atoms with Gasteiger partial charge in [0.05, 0.1) is 0 Å². The van der Waals surface area contributed by atoms with Gasteiger partial charge in [0.2, 0.25) is 5.91 Å². The molecule has 0 unspecified atom stereocenters. The van der Waals surface area contributed by atoms with E-state index in [2.05, 4.69) is 5.32 Å². The van der Waals surface area contributed by atoms with Crippen molar-refractivity contribution >= 4 is 11.6 Å². The van der Waals surface area contributed by atoms with Crippen LogP contribution in [-0.4, -0.2) is 19.1 Å². The average Bonchev–Trinajstić information content (AvgIpc) is 2.16. The Hall–Kier alpha value is -1.71. The standard InChI is InChI=1S/C11H13NO3/c1-7-5-9(12-8(2)13)6-10-11(7)15-4-3-14-10/h5-6H,3-4H2,1-2H3,(H,12,13). The smallest absolute Gasteiger partial charge is 0.221 e. The molecule has 0 saturated heterocycles. The SMILES string of the molecule is CC(=O)Nc1cc(C)c2c(c1)OCCO2. The molecule has 0 fully saturated rings. The highest BCUT2D eigenvalue weighted by atomic mass is 16.6. The molecule has 1 aromatic rings. The van der Waals surface area contributed by atoms with Gasteiger partial charge in [-0.25, -0.2) is 0 Å². The lowest BCUT2D eigenvalue weighted by molar-refractivity contribution is -0.114. The number of amides is 1. The molecule has 1 aliphatic heterocycles. The Kier molecular flexibility index (Phi) is 2.49. The van der Waals surface area contributed by atoms with E-state index in [1.54, 1.807) is 6.07 Å². The Labute approximate surface area is 88.2 Å². The molecule has 0 bridgehead atoms. The highest BCUT2D eigenvalue weighted by Gasteiger charge is 2.15. The first kappa shape index (κ1) is 9.83. The van der Waals surface area contributed by atoms with Gasteiger partial charge < -0.3 is 14.8 Å². The van der Waals surface area contributed by atoms with Gasteiger partial charge in [-0.15, -0.1) is 0 Å². The summed E-state index contributed by atoms with van der Waals surface area (Å²) >= 11 is 0. The lowest BCUT2D eigenvalue weighted by atomic mass is 10.1. The topological polar surface area (TPSA) is 47.6 Å². The van der Waals surface area contributed by atoms with Crippen LogP contribution in [0.15, 0.2) is 12.1 Å². The molecule has 0 spiro atoms. The van der Waals surface area contributed by atoms with Crippen LogP contribution in [0.4, 0.5) is 5.69 Å². The van der Waals surface area contributed by atoms with Crippen molar-refractivity contribution in [1.82, 2.24) is 0 Å². The van der Waals surface area contributed by atoms with Gasteiger partial charge in [0, 0.05) is 18.7 Å². The number of carbonyl (C=O) groups is 1. The molecule has 0 aromatic heterocycles. The van der Waals surface area contributed by atoms with Crippen molar-refractivity contribution in [2.45, 2.75) is 13.8 Å². The first-order valence-corrected chi connectivity index (χ1v) is 4.84. The summed E-state index contributed by atoms with van der Waals surface area (Å²) in [6.07, 6.45) is 0. The zero-order chi connectivity index (χ0) is 10.8. The van der Waals surface area contributed by atoms with Crippen molar-refractivity contribution in [2.75, 3.05) is 18.5 Å². The average molecular weight is 207 g/mol. The largest absolute Gasteiger partial charge is 0.486 e.